The van der Waals surface area contributed by atoms with Crippen molar-refractivity contribution >= 4 is 0 Å². The maximum Gasteiger partial charge on any atom is 0.184 e. The summed E-state index contributed by atoms with van der Waals surface area (Å²) in [5, 5.41) is 3.26. The molecule has 90 valence electrons. The summed E-state index contributed by atoms with van der Waals surface area (Å²) in [5.41, 5.74) is 1.21. The maximum absolute atomic E-state index is 5.51. The van der Waals surface area contributed by atoms with E-state index in [1.807, 2.05) is 18.2 Å². The molecule has 3 heteroatoms. The fraction of sp³-hybridized carbons (Fsp3) is 0.538. The Hall–Kier alpha value is -0.900. The molecular weight excluding hydrogens is 202 g/mol. The number of likely N-dealkylation sites (N-methyl/N-ethyl adjacent to an activating group) is 1. The summed E-state index contributed by atoms with van der Waals surface area (Å²) in [6.07, 6.45) is 0.744. The maximum atomic E-state index is 5.51. The van der Waals surface area contributed by atoms with Gasteiger partial charge in [-0.1, -0.05) is 37.3 Å². The smallest absolute Gasteiger partial charge is 0.184 e. The molecule has 1 aromatic carbocycles. The fourth-order valence-electron chi connectivity index (χ4n) is 1.66. The monoisotopic (exact) mass is 223 g/mol. The van der Waals surface area contributed by atoms with Gasteiger partial charge in [-0.15, -0.1) is 0 Å². The average Bonchev–Trinajstić information content (AvgIpc) is 2.36. The Morgan fingerprint density at radius 1 is 1.12 bits per heavy atom. The predicted molar refractivity (Wildman–Crippen MR) is 65.4 cm³/mol. The molecule has 0 amide bonds. The lowest BCUT2D eigenvalue weighted by Crippen LogP contribution is -2.46. The highest BCUT2D eigenvalue weighted by molar-refractivity contribution is 5.16. The molecule has 0 atom stereocenters. The first-order chi connectivity index (χ1) is 7.76. The first-order valence-electron chi connectivity index (χ1n) is 5.61. The van der Waals surface area contributed by atoms with Gasteiger partial charge in [-0.2, -0.15) is 0 Å². The van der Waals surface area contributed by atoms with Crippen LogP contribution in [0.25, 0.3) is 0 Å². The molecule has 0 aliphatic carbocycles. The molecule has 0 saturated heterocycles. The van der Waals surface area contributed by atoms with Crippen LogP contribution in [0, 0.1) is 0 Å². The lowest BCUT2D eigenvalue weighted by atomic mass is 10.0. The van der Waals surface area contributed by atoms with Crippen molar-refractivity contribution < 1.29 is 9.47 Å². The van der Waals surface area contributed by atoms with Gasteiger partial charge >= 0.3 is 0 Å². The Balaban J connectivity index is 2.70. The number of rotatable bonds is 7. The van der Waals surface area contributed by atoms with Gasteiger partial charge < -0.3 is 14.8 Å². The van der Waals surface area contributed by atoms with Crippen LogP contribution in [0.3, 0.4) is 0 Å². The third kappa shape index (κ3) is 3.59. The van der Waals surface area contributed by atoms with Crippen molar-refractivity contribution in [2.75, 3.05) is 27.3 Å². The molecule has 3 nitrogen and oxygen atoms in total. The van der Waals surface area contributed by atoms with Gasteiger partial charge in [-0.25, -0.2) is 0 Å². The highest BCUT2D eigenvalue weighted by Gasteiger charge is 2.29. The molecule has 1 N–H and O–H groups in total. The molecule has 0 aliphatic rings. The molecular formula is C13H21NO2. The summed E-state index contributed by atoms with van der Waals surface area (Å²) in [4.78, 5) is 0. The molecule has 0 heterocycles. The van der Waals surface area contributed by atoms with E-state index in [1.54, 1.807) is 14.2 Å². The Morgan fingerprint density at radius 3 is 2.25 bits per heavy atom. The third-order valence-corrected chi connectivity index (χ3v) is 2.70. The lowest BCUT2D eigenvalue weighted by molar-refractivity contribution is -0.201. The van der Waals surface area contributed by atoms with Gasteiger partial charge in [0, 0.05) is 20.6 Å². The number of nitrogens with one attached hydrogen (secondary N) is 1. The van der Waals surface area contributed by atoms with Crippen LogP contribution in [-0.4, -0.2) is 33.1 Å². The normalized spacial score (nSPS) is 11.7. The Morgan fingerprint density at radius 2 is 1.75 bits per heavy atom. The average molecular weight is 223 g/mol. The van der Waals surface area contributed by atoms with Crippen molar-refractivity contribution in [2.45, 2.75) is 19.1 Å². The highest BCUT2D eigenvalue weighted by Crippen LogP contribution is 2.17. The van der Waals surface area contributed by atoms with Crippen LogP contribution < -0.4 is 5.32 Å². The van der Waals surface area contributed by atoms with Crippen LogP contribution in [0.4, 0.5) is 0 Å². The van der Waals surface area contributed by atoms with E-state index in [2.05, 4.69) is 24.4 Å². The summed E-state index contributed by atoms with van der Waals surface area (Å²) < 4.78 is 11.0. The quantitative estimate of drug-likeness (QED) is 0.715. The molecule has 16 heavy (non-hydrogen) atoms. The van der Waals surface area contributed by atoms with Crippen LogP contribution in [0.2, 0.25) is 0 Å². The second-order valence-electron chi connectivity index (χ2n) is 3.76. The summed E-state index contributed by atoms with van der Waals surface area (Å²) in [6, 6.07) is 10.2. The van der Waals surface area contributed by atoms with Crippen molar-refractivity contribution in [1.29, 1.82) is 0 Å². The van der Waals surface area contributed by atoms with Gasteiger partial charge in [-0.05, 0) is 12.1 Å². The molecule has 0 saturated carbocycles. The predicted octanol–water partition coefficient (Wildman–Crippen LogP) is 1.83. The Kier molecular flexibility index (Phi) is 5.46. The van der Waals surface area contributed by atoms with Crippen LogP contribution in [-0.2, 0) is 15.9 Å². The van der Waals surface area contributed by atoms with Crippen molar-refractivity contribution in [1.82, 2.24) is 5.32 Å². The Labute approximate surface area is 97.8 Å². The van der Waals surface area contributed by atoms with E-state index in [1.165, 1.54) is 5.56 Å². The molecule has 0 aliphatic heterocycles. The topological polar surface area (TPSA) is 30.5 Å². The number of benzene rings is 1. The summed E-state index contributed by atoms with van der Waals surface area (Å²) in [6.45, 7) is 3.66. The van der Waals surface area contributed by atoms with Gasteiger partial charge in [0.05, 0.1) is 6.54 Å². The summed E-state index contributed by atoms with van der Waals surface area (Å²) in [5.74, 6) is -0.572. The van der Waals surface area contributed by atoms with Crippen LogP contribution >= 0.6 is 0 Å². The zero-order valence-corrected chi connectivity index (χ0v) is 10.3. The highest BCUT2D eigenvalue weighted by atomic mass is 16.7. The molecule has 0 fully saturated rings. The first kappa shape index (κ1) is 13.2. The number of hydrogen-bond acceptors (Lipinski definition) is 3. The van der Waals surface area contributed by atoms with Crippen LogP contribution in [0.1, 0.15) is 12.5 Å². The van der Waals surface area contributed by atoms with Crippen LogP contribution in [0.5, 0.6) is 0 Å². The number of ether oxygens (including phenoxy) is 2. The molecule has 0 bridgehead atoms. The van der Waals surface area contributed by atoms with Gasteiger partial charge in [-0.3, -0.25) is 0 Å². The van der Waals surface area contributed by atoms with E-state index in [0.717, 1.165) is 13.0 Å². The standard InChI is InChI=1S/C13H21NO2/c1-4-14-11-13(15-2,16-3)10-12-8-6-5-7-9-12/h5-9,14H,4,10-11H2,1-3H3. The minimum Gasteiger partial charge on any atom is -0.352 e. The van der Waals surface area contributed by atoms with Gasteiger partial charge in [0.1, 0.15) is 0 Å². The minimum atomic E-state index is -0.572. The van der Waals surface area contributed by atoms with Crippen molar-refractivity contribution in [2.24, 2.45) is 0 Å². The summed E-state index contributed by atoms with van der Waals surface area (Å²) >= 11 is 0. The lowest BCUT2D eigenvalue weighted by Gasteiger charge is -2.31. The van der Waals surface area contributed by atoms with Crippen molar-refractivity contribution in [3.05, 3.63) is 35.9 Å². The second-order valence-corrected chi connectivity index (χ2v) is 3.76. The fourth-order valence-corrected chi connectivity index (χ4v) is 1.66. The van der Waals surface area contributed by atoms with Gasteiger partial charge in [0.2, 0.25) is 0 Å². The van der Waals surface area contributed by atoms with Crippen LogP contribution in [0.15, 0.2) is 30.3 Å². The zero-order chi connectivity index (χ0) is 11.9. The van der Waals surface area contributed by atoms with Crippen molar-refractivity contribution in [3.8, 4) is 0 Å². The minimum absolute atomic E-state index is 0.572. The van der Waals surface area contributed by atoms with E-state index in [9.17, 15) is 0 Å². The third-order valence-electron chi connectivity index (χ3n) is 2.70. The Bertz CT molecular complexity index is 283. The van der Waals surface area contributed by atoms with E-state index >= 15 is 0 Å². The SMILES string of the molecule is CCNCC(Cc1ccccc1)(OC)OC. The molecule has 0 spiro atoms. The van der Waals surface area contributed by atoms with E-state index < -0.39 is 5.79 Å². The molecule has 0 aromatic heterocycles. The van der Waals surface area contributed by atoms with Crippen molar-refractivity contribution in [3.63, 3.8) is 0 Å². The number of methoxy groups -OCH3 is 2. The molecule has 0 unspecified atom stereocenters. The zero-order valence-electron chi connectivity index (χ0n) is 10.3. The summed E-state index contributed by atoms with van der Waals surface area (Å²) in [7, 11) is 3.37. The largest absolute Gasteiger partial charge is 0.352 e. The molecule has 1 rings (SSSR count). The van der Waals surface area contributed by atoms with Gasteiger partial charge in [0.25, 0.3) is 0 Å². The van der Waals surface area contributed by atoms with Gasteiger partial charge in [0.15, 0.2) is 5.79 Å². The molecule has 0 radical (unpaired) electrons. The second kappa shape index (κ2) is 6.63. The van der Waals surface area contributed by atoms with E-state index in [4.69, 9.17) is 9.47 Å². The number of hydrogen-bond donors (Lipinski definition) is 1. The first-order valence-corrected chi connectivity index (χ1v) is 5.61. The van der Waals surface area contributed by atoms with E-state index in [0.29, 0.717) is 6.54 Å². The van der Waals surface area contributed by atoms with E-state index in [-0.39, 0.29) is 0 Å². The molecule has 1 aromatic rings.